The molecule has 26 heavy (non-hydrogen) atoms. The quantitative estimate of drug-likeness (QED) is 0.746. The second-order valence-electron chi connectivity index (χ2n) is 6.92. The molecular formula is C18H18ClN3O3S. The first-order chi connectivity index (χ1) is 12.2. The Morgan fingerprint density at radius 2 is 1.81 bits per heavy atom. The molecule has 1 aromatic carbocycles. The molecule has 0 saturated heterocycles. The average Bonchev–Trinajstić information content (AvgIpc) is 3.01. The van der Waals surface area contributed by atoms with Crippen molar-refractivity contribution in [2.75, 3.05) is 0 Å². The predicted molar refractivity (Wildman–Crippen MR) is 105 cm³/mol. The van der Waals surface area contributed by atoms with E-state index in [0.29, 0.717) is 20.9 Å². The summed E-state index contributed by atoms with van der Waals surface area (Å²) in [4.78, 5) is 38.1. The predicted octanol–water partition coefficient (Wildman–Crippen LogP) is 2.78. The van der Waals surface area contributed by atoms with E-state index in [0.717, 1.165) is 4.57 Å². The normalized spacial score (nSPS) is 11.7. The van der Waals surface area contributed by atoms with Gasteiger partial charge in [0, 0.05) is 10.6 Å². The van der Waals surface area contributed by atoms with E-state index in [1.807, 2.05) is 20.8 Å². The van der Waals surface area contributed by atoms with Crippen LogP contribution in [0, 0.1) is 0 Å². The van der Waals surface area contributed by atoms with Crippen LogP contribution in [-0.2, 0) is 11.3 Å². The van der Waals surface area contributed by atoms with Crippen molar-refractivity contribution in [3.63, 3.8) is 0 Å². The Kier molecular flexibility index (Phi) is 4.77. The number of nitrogens with one attached hydrogen (secondary N) is 1. The third-order valence-electron chi connectivity index (χ3n) is 3.66. The number of thiophene rings is 1. The Labute approximate surface area is 158 Å². The Balaban J connectivity index is 2.19. The lowest BCUT2D eigenvalue weighted by molar-refractivity contribution is -0.123. The summed E-state index contributed by atoms with van der Waals surface area (Å²) in [5.74, 6) is -0.298. The van der Waals surface area contributed by atoms with E-state index in [9.17, 15) is 14.4 Å². The molecule has 0 saturated carbocycles. The van der Waals surface area contributed by atoms with Crippen LogP contribution in [0.25, 0.3) is 15.9 Å². The lowest BCUT2D eigenvalue weighted by atomic mass is 10.1. The van der Waals surface area contributed by atoms with Crippen LogP contribution < -0.4 is 16.6 Å². The molecule has 8 heteroatoms. The first-order valence-corrected chi connectivity index (χ1v) is 9.23. The molecule has 0 spiro atoms. The molecule has 3 aromatic rings. The number of carbonyl (C=O) groups is 1. The van der Waals surface area contributed by atoms with Crippen LogP contribution >= 0.6 is 22.9 Å². The van der Waals surface area contributed by atoms with Crippen LogP contribution in [0.4, 0.5) is 0 Å². The average molecular weight is 392 g/mol. The third-order valence-corrected chi connectivity index (χ3v) is 4.80. The number of benzene rings is 1. The topological polar surface area (TPSA) is 73.1 Å². The second-order valence-corrected chi connectivity index (χ2v) is 8.27. The number of nitrogens with zero attached hydrogens (tertiary/aromatic N) is 2. The lowest BCUT2D eigenvalue weighted by Gasteiger charge is -2.21. The van der Waals surface area contributed by atoms with Crippen molar-refractivity contribution in [2.24, 2.45) is 0 Å². The van der Waals surface area contributed by atoms with Gasteiger partial charge < -0.3 is 5.32 Å². The fourth-order valence-corrected chi connectivity index (χ4v) is 3.61. The van der Waals surface area contributed by atoms with Gasteiger partial charge in [-0.1, -0.05) is 11.6 Å². The number of amides is 1. The van der Waals surface area contributed by atoms with Crippen molar-refractivity contribution in [1.82, 2.24) is 14.5 Å². The number of rotatable bonds is 3. The van der Waals surface area contributed by atoms with Crippen LogP contribution in [-0.4, -0.2) is 20.6 Å². The van der Waals surface area contributed by atoms with E-state index in [1.165, 1.54) is 15.9 Å². The number of hydrogen-bond donors (Lipinski definition) is 1. The molecule has 0 fully saturated rings. The van der Waals surface area contributed by atoms with Gasteiger partial charge in [0.15, 0.2) is 0 Å². The summed E-state index contributed by atoms with van der Waals surface area (Å²) in [5.41, 5.74) is -0.523. The summed E-state index contributed by atoms with van der Waals surface area (Å²) in [7, 11) is 0. The van der Waals surface area contributed by atoms with Crippen LogP contribution in [0.3, 0.4) is 0 Å². The highest BCUT2D eigenvalue weighted by Gasteiger charge is 2.19. The van der Waals surface area contributed by atoms with Gasteiger partial charge in [-0.25, -0.2) is 9.36 Å². The maximum absolute atomic E-state index is 13.0. The van der Waals surface area contributed by atoms with E-state index >= 15 is 0 Å². The Bertz CT molecular complexity index is 1090. The Hall–Kier alpha value is -2.38. The summed E-state index contributed by atoms with van der Waals surface area (Å²) >= 11 is 7.13. The van der Waals surface area contributed by atoms with E-state index in [-0.39, 0.29) is 12.5 Å². The molecule has 0 unspecified atom stereocenters. The van der Waals surface area contributed by atoms with E-state index in [1.54, 1.807) is 35.7 Å². The SMILES string of the molecule is CC(C)(C)NC(=O)Cn1c(=O)n(-c2ccc(Cl)cc2)c(=O)c2sccc21. The fraction of sp³-hybridized carbons (Fsp3) is 0.278. The van der Waals surface area contributed by atoms with Crippen LogP contribution in [0.15, 0.2) is 45.3 Å². The van der Waals surface area contributed by atoms with Gasteiger partial charge in [0.2, 0.25) is 5.91 Å². The summed E-state index contributed by atoms with van der Waals surface area (Å²) < 4.78 is 2.81. The molecule has 0 aliphatic rings. The Morgan fingerprint density at radius 1 is 1.15 bits per heavy atom. The monoisotopic (exact) mass is 391 g/mol. The zero-order valence-corrected chi connectivity index (χ0v) is 16.1. The first-order valence-electron chi connectivity index (χ1n) is 7.97. The largest absolute Gasteiger partial charge is 0.350 e. The van der Waals surface area contributed by atoms with Crippen molar-refractivity contribution < 1.29 is 4.79 Å². The Morgan fingerprint density at radius 3 is 2.42 bits per heavy atom. The van der Waals surface area contributed by atoms with Gasteiger partial charge >= 0.3 is 5.69 Å². The van der Waals surface area contributed by atoms with Gasteiger partial charge in [0.05, 0.1) is 11.2 Å². The van der Waals surface area contributed by atoms with Crippen molar-refractivity contribution >= 4 is 39.1 Å². The second kappa shape index (κ2) is 6.74. The summed E-state index contributed by atoms with van der Waals surface area (Å²) in [6.07, 6.45) is 0. The highest BCUT2D eigenvalue weighted by molar-refractivity contribution is 7.17. The first kappa shape index (κ1) is 18.4. The van der Waals surface area contributed by atoms with Crippen molar-refractivity contribution in [3.8, 4) is 5.69 Å². The molecular weight excluding hydrogens is 374 g/mol. The minimum Gasteiger partial charge on any atom is -0.350 e. The number of halogens is 1. The molecule has 0 aliphatic heterocycles. The summed E-state index contributed by atoms with van der Waals surface area (Å²) in [6, 6.07) is 8.10. The summed E-state index contributed by atoms with van der Waals surface area (Å²) in [5, 5.41) is 5.07. The molecule has 136 valence electrons. The number of carbonyl (C=O) groups excluding carboxylic acids is 1. The minimum absolute atomic E-state index is 0.169. The maximum Gasteiger partial charge on any atom is 0.336 e. The van der Waals surface area contributed by atoms with Crippen molar-refractivity contribution in [3.05, 3.63) is 61.6 Å². The van der Waals surface area contributed by atoms with Crippen molar-refractivity contribution in [1.29, 1.82) is 0 Å². The van der Waals surface area contributed by atoms with Crippen LogP contribution in [0.2, 0.25) is 5.02 Å². The van der Waals surface area contributed by atoms with Crippen molar-refractivity contribution in [2.45, 2.75) is 32.9 Å². The molecule has 3 rings (SSSR count). The molecule has 2 heterocycles. The van der Waals surface area contributed by atoms with E-state index in [4.69, 9.17) is 11.6 Å². The van der Waals surface area contributed by atoms with Gasteiger partial charge in [0.1, 0.15) is 11.2 Å². The van der Waals surface area contributed by atoms with E-state index < -0.39 is 16.8 Å². The van der Waals surface area contributed by atoms with Crippen LogP contribution in [0.1, 0.15) is 20.8 Å². The molecule has 1 amide bonds. The van der Waals surface area contributed by atoms with Gasteiger partial charge in [-0.15, -0.1) is 11.3 Å². The molecule has 0 bridgehead atoms. The number of aromatic nitrogens is 2. The molecule has 0 atom stereocenters. The molecule has 2 aromatic heterocycles. The molecule has 0 radical (unpaired) electrons. The number of fused-ring (bicyclic) bond motifs is 1. The molecule has 1 N–H and O–H groups in total. The highest BCUT2D eigenvalue weighted by Crippen LogP contribution is 2.17. The maximum atomic E-state index is 13.0. The van der Waals surface area contributed by atoms with Gasteiger partial charge in [-0.05, 0) is 56.5 Å². The fourth-order valence-electron chi connectivity index (χ4n) is 2.66. The third kappa shape index (κ3) is 3.59. The molecule has 0 aliphatic carbocycles. The minimum atomic E-state index is -0.563. The summed E-state index contributed by atoms with van der Waals surface area (Å²) in [6.45, 7) is 5.42. The lowest BCUT2D eigenvalue weighted by Crippen LogP contribution is -2.45. The van der Waals surface area contributed by atoms with Crippen LogP contribution in [0.5, 0.6) is 0 Å². The highest BCUT2D eigenvalue weighted by atomic mass is 35.5. The van der Waals surface area contributed by atoms with E-state index in [2.05, 4.69) is 5.32 Å². The zero-order valence-electron chi connectivity index (χ0n) is 14.6. The van der Waals surface area contributed by atoms with Gasteiger partial charge in [-0.2, -0.15) is 0 Å². The molecule has 6 nitrogen and oxygen atoms in total. The van der Waals surface area contributed by atoms with Gasteiger partial charge in [-0.3, -0.25) is 14.2 Å². The smallest absolute Gasteiger partial charge is 0.336 e. The zero-order chi connectivity index (χ0) is 19.1. The van der Waals surface area contributed by atoms with Gasteiger partial charge in [0.25, 0.3) is 5.56 Å². The number of hydrogen-bond acceptors (Lipinski definition) is 4. The standard InChI is InChI=1S/C18H18ClN3O3S/c1-18(2,3)20-14(23)10-21-13-8-9-26-15(13)16(24)22(17(21)25)12-6-4-11(19)5-7-12/h4-9H,10H2,1-3H3,(H,20,23).